The number of halogens is 1. The number of hydrogen-bond acceptors (Lipinski definition) is 4. The molecule has 1 aromatic heterocycles. The van der Waals surface area contributed by atoms with Crippen molar-refractivity contribution in [2.75, 3.05) is 0 Å². The molecular weight excluding hydrogens is 263 g/mol. The van der Waals surface area contributed by atoms with Gasteiger partial charge in [0.25, 0.3) is 0 Å². The number of hydrogen-bond donors (Lipinski definition) is 2. The molecule has 19 heavy (non-hydrogen) atoms. The molecule has 0 fully saturated rings. The fourth-order valence-corrected chi connectivity index (χ4v) is 2.31. The molecule has 0 aliphatic rings. The van der Waals surface area contributed by atoms with Crippen LogP contribution in [0.1, 0.15) is 16.7 Å². The highest BCUT2D eigenvalue weighted by molar-refractivity contribution is 7.98. The standard InChI is InChI=1S/C13H13FN4S/c1-8-5-17-13(18-6-8)19-7-9-2-3-10(14)4-11(9)12(15)16/h2-6H,7H2,1H3,(H3,15,16). The summed E-state index contributed by atoms with van der Waals surface area (Å²) in [6.45, 7) is 1.92. The van der Waals surface area contributed by atoms with Crippen LogP contribution in [-0.4, -0.2) is 15.8 Å². The minimum absolute atomic E-state index is 0.139. The van der Waals surface area contributed by atoms with Crippen LogP contribution < -0.4 is 5.73 Å². The molecule has 4 nitrogen and oxygen atoms in total. The van der Waals surface area contributed by atoms with Crippen molar-refractivity contribution in [3.05, 3.63) is 53.1 Å². The van der Waals surface area contributed by atoms with Gasteiger partial charge >= 0.3 is 0 Å². The van der Waals surface area contributed by atoms with E-state index in [1.165, 1.54) is 23.9 Å². The van der Waals surface area contributed by atoms with Gasteiger partial charge < -0.3 is 5.73 Å². The molecule has 3 N–H and O–H groups in total. The molecule has 0 spiro atoms. The molecule has 0 radical (unpaired) electrons. The first-order chi connectivity index (χ1) is 9.06. The lowest BCUT2D eigenvalue weighted by atomic mass is 10.1. The average molecular weight is 276 g/mol. The summed E-state index contributed by atoms with van der Waals surface area (Å²) in [7, 11) is 0. The number of thioether (sulfide) groups is 1. The van der Waals surface area contributed by atoms with E-state index >= 15 is 0 Å². The number of benzene rings is 1. The van der Waals surface area contributed by atoms with E-state index in [9.17, 15) is 4.39 Å². The van der Waals surface area contributed by atoms with Gasteiger partial charge in [-0.15, -0.1) is 0 Å². The Morgan fingerprint density at radius 3 is 2.68 bits per heavy atom. The second-order valence-corrected chi connectivity index (χ2v) is 4.99. The number of rotatable bonds is 4. The number of amidine groups is 1. The molecule has 98 valence electrons. The minimum atomic E-state index is -0.398. The molecule has 0 bridgehead atoms. The molecule has 2 rings (SSSR count). The molecule has 1 heterocycles. The fraction of sp³-hybridized carbons (Fsp3) is 0.154. The third kappa shape index (κ3) is 3.51. The molecule has 0 aliphatic carbocycles. The topological polar surface area (TPSA) is 75.7 Å². The summed E-state index contributed by atoms with van der Waals surface area (Å²) >= 11 is 1.42. The van der Waals surface area contributed by atoms with Gasteiger partial charge in [0.1, 0.15) is 11.7 Å². The van der Waals surface area contributed by atoms with Gasteiger partial charge in [-0.3, -0.25) is 5.41 Å². The van der Waals surface area contributed by atoms with Crippen molar-refractivity contribution in [2.45, 2.75) is 17.8 Å². The molecular formula is C13H13FN4S. The molecule has 1 aromatic carbocycles. The lowest BCUT2D eigenvalue weighted by molar-refractivity contribution is 0.627. The van der Waals surface area contributed by atoms with Crippen molar-refractivity contribution >= 4 is 17.6 Å². The zero-order chi connectivity index (χ0) is 13.8. The van der Waals surface area contributed by atoms with Gasteiger partial charge in [0.2, 0.25) is 0 Å². The number of nitrogen functional groups attached to an aromatic ring is 1. The summed E-state index contributed by atoms with van der Waals surface area (Å²) in [5.74, 6) is 0.00332. The highest BCUT2D eigenvalue weighted by Crippen LogP contribution is 2.22. The number of aryl methyl sites for hydroxylation is 1. The lowest BCUT2D eigenvalue weighted by Gasteiger charge is -2.07. The van der Waals surface area contributed by atoms with E-state index in [0.29, 0.717) is 16.5 Å². The van der Waals surface area contributed by atoms with Gasteiger partial charge in [-0.05, 0) is 30.2 Å². The van der Waals surface area contributed by atoms with Crippen LogP contribution in [-0.2, 0) is 5.75 Å². The maximum Gasteiger partial charge on any atom is 0.187 e. The van der Waals surface area contributed by atoms with E-state index < -0.39 is 5.82 Å². The van der Waals surface area contributed by atoms with Crippen LogP contribution in [0.3, 0.4) is 0 Å². The lowest BCUT2D eigenvalue weighted by Crippen LogP contribution is -2.14. The van der Waals surface area contributed by atoms with Crippen molar-refractivity contribution in [2.24, 2.45) is 5.73 Å². The Morgan fingerprint density at radius 1 is 1.37 bits per heavy atom. The van der Waals surface area contributed by atoms with E-state index in [1.54, 1.807) is 18.5 Å². The number of aromatic nitrogens is 2. The van der Waals surface area contributed by atoms with Crippen molar-refractivity contribution < 1.29 is 4.39 Å². The minimum Gasteiger partial charge on any atom is -0.384 e. The van der Waals surface area contributed by atoms with Gasteiger partial charge in [0.15, 0.2) is 5.16 Å². The van der Waals surface area contributed by atoms with Crippen LogP contribution in [0.4, 0.5) is 4.39 Å². The van der Waals surface area contributed by atoms with Crippen molar-refractivity contribution in [1.82, 2.24) is 9.97 Å². The van der Waals surface area contributed by atoms with Crippen molar-refractivity contribution in [3.8, 4) is 0 Å². The van der Waals surface area contributed by atoms with E-state index in [0.717, 1.165) is 11.1 Å². The Hall–Kier alpha value is -1.95. The van der Waals surface area contributed by atoms with Crippen molar-refractivity contribution in [3.63, 3.8) is 0 Å². The van der Waals surface area contributed by atoms with Gasteiger partial charge in [-0.1, -0.05) is 17.8 Å². The monoisotopic (exact) mass is 276 g/mol. The van der Waals surface area contributed by atoms with Crippen LogP contribution >= 0.6 is 11.8 Å². The summed E-state index contributed by atoms with van der Waals surface area (Å²) < 4.78 is 13.1. The Morgan fingerprint density at radius 2 is 2.05 bits per heavy atom. The summed E-state index contributed by atoms with van der Waals surface area (Å²) in [6.07, 6.45) is 3.48. The SMILES string of the molecule is Cc1cnc(SCc2ccc(F)cc2C(=N)N)nc1. The first-order valence-electron chi connectivity index (χ1n) is 5.60. The van der Waals surface area contributed by atoms with Gasteiger partial charge in [0, 0.05) is 23.7 Å². The zero-order valence-electron chi connectivity index (χ0n) is 10.4. The molecule has 0 atom stereocenters. The van der Waals surface area contributed by atoms with Crippen LogP contribution in [0, 0.1) is 18.2 Å². The highest BCUT2D eigenvalue weighted by atomic mass is 32.2. The average Bonchev–Trinajstić information content (AvgIpc) is 2.39. The van der Waals surface area contributed by atoms with E-state index in [1.807, 2.05) is 6.92 Å². The molecule has 0 unspecified atom stereocenters. The third-order valence-electron chi connectivity index (χ3n) is 2.48. The first kappa shape index (κ1) is 13.5. The Bertz CT molecular complexity index is 598. The maximum atomic E-state index is 13.1. The number of nitrogens with one attached hydrogen (secondary N) is 1. The normalized spacial score (nSPS) is 10.4. The molecule has 0 saturated heterocycles. The second-order valence-electron chi connectivity index (χ2n) is 4.05. The smallest absolute Gasteiger partial charge is 0.187 e. The van der Waals surface area contributed by atoms with E-state index in [2.05, 4.69) is 9.97 Å². The third-order valence-corrected chi connectivity index (χ3v) is 3.40. The molecule has 0 aliphatic heterocycles. The largest absolute Gasteiger partial charge is 0.384 e. The van der Waals surface area contributed by atoms with Crippen LogP contribution in [0.15, 0.2) is 35.7 Å². The van der Waals surface area contributed by atoms with Gasteiger partial charge in [-0.2, -0.15) is 0 Å². The molecule has 0 saturated carbocycles. The maximum absolute atomic E-state index is 13.1. The van der Waals surface area contributed by atoms with Crippen LogP contribution in [0.2, 0.25) is 0 Å². The Labute approximate surface area is 114 Å². The summed E-state index contributed by atoms with van der Waals surface area (Å²) in [5, 5.41) is 8.10. The summed E-state index contributed by atoms with van der Waals surface area (Å²) in [6, 6.07) is 4.26. The quantitative estimate of drug-likeness (QED) is 0.389. The fourth-order valence-electron chi connectivity index (χ4n) is 1.52. The predicted octanol–water partition coefficient (Wildman–Crippen LogP) is 2.50. The van der Waals surface area contributed by atoms with Crippen LogP contribution in [0.25, 0.3) is 0 Å². The van der Waals surface area contributed by atoms with E-state index in [-0.39, 0.29) is 5.84 Å². The second kappa shape index (κ2) is 5.79. The molecule has 6 heteroatoms. The molecule has 0 amide bonds. The first-order valence-corrected chi connectivity index (χ1v) is 6.59. The predicted molar refractivity (Wildman–Crippen MR) is 73.7 cm³/mol. The number of nitrogens with two attached hydrogens (primary N) is 1. The Kier molecular flexibility index (Phi) is 4.11. The van der Waals surface area contributed by atoms with Crippen LogP contribution in [0.5, 0.6) is 0 Å². The zero-order valence-corrected chi connectivity index (χ0v) is 11.2. The number of nitrogens with zero attached hydrogens (tertiary/aromatic N) is 2. The van der Waals surface area contributed by atoms with Crippen molar-refractivity contribution in [1.29, 1.82) is 5.41 Å². The van der Waals surface area contributed by atoms with Gasteiger partial charge in [-0.25, -0.2) is 14.4 Å². The summed E-state index contributed by atoms with van der Waals surface area (Å²) in [5.41, 5.74) is 7.66. The van der Waals surface area contributed by atoms with E-state index in [4.69, 9.17) is 11.1 Å². The summed E-state index contributed by atoms with van der Waals surface area (Å²) in [4.78, 5) is 8.36. The van der Waals surface area contributed by atoms with Gasteiger partial charge in [0.05, 0.1) is 0 Å². The highest BCUT2D eigenvalue weighted by Gasteiger charge is 2.08. The Balaban J connectivity index is 2.15. The molecule has 2 aromatic rings.